The van der Waals surface area contributed by atoms with Crippen molar-refractivity contribution in [1.82, 2.24) is 4.98 Å². The highest BCUT2D eigenvalue weighted by molar-refractivity contribution is 7.80. The minimum atomic E-state index is 0.336. The molecule has 0 saturated carbocycles. The molecule has 112 valence electrons. The second kappa shape index (κ2) is 7.52. The lowest BCUT2D eigenvalue weighted by molar-refractivity contribution is 0.790. The number of rotatable bonds is 6. The van der Waals surface area contributed by atoms with Crippen molar-refractivity contribution in [3.63, 3.8) is 0 Å². The van der Waals surface area contributed by atoms with Crippen molar-refractivity contribution in [1.29, 1.82) is 0 Å². The Bertz CT molecular complexity index is 607. The number of aromatic nitrogens is 1. The van der Waals surface area contributed by atoms with E-state index < -0.39 is 0 Å². The number of hydrogen-bond donors (Lipinski definition) is 1. The molecule has 2 N–H and O–H groups in total. The third kappa shape index (κ3) is 3.80. The Morgan fingerprint density at radius 2 is 2.10 bits per heavy atom. The third-order valence-electron chi connectivity index (χ3n) is 3.35. The Morgan fingerprint density at radius 1 is 1.33 bits per heavy atom. The maximum Gasteiger partial charge on any atom is 0.176 e. The summed E-state index contributed by atoms with van der Waals surface area (Å²) in [7, 11) is 0. The highest BCUT2D eigenvalue weighted by Crippen LogP contribution is 2.30. The highest BCUT2D eigenvalue weighted by Gasteiger charge is 2.17. The first-order valence-corrected chi connectivity index (χ1v) is 8.58. The summed E-state index contributed by atoms with van der Waals surface area (Å²) in [6, 6.07) is 8.19. The van der Waals surface area contributed by atoms with Gasteiger partial charge in [-0.2, -0.15) is 0 Å². The monoisotopic (exact) mass is 319 g/mol. The van der Waals surface area contributed by atoms with E-state index in [1.807, 2.05) is 28.5 Å². The molecule has 0 aliphatic carbocycles. The number of unbranched alkanes of at least 4 members (excludes halogenated alkanes) is 1. The number of thiazole rings is 1. The van der Waals surface area contributed by atoms with Gasteiger partial charge < -0.3 is 5.73 Å². The number of hydrogen-bond acceptors (Lipinski definition) is 3. The number of anilines is 2. The molecule has 0 unspecified atom stereocenters. The van der Waals surface area contributed by atoms with E-state index in [1.54, 1.807) is 11.3 Å². The maximum absolute atomic E-state index is 5.96. The average Bonchev–Trinajstić information content (AvgIpc) is 2.94. The predicted octanol–water partition coefficient (Wildman–Crippen LogP) is 4.43. The second-order valence-electron chi connectivity index (χ2n) is 4.86. The van der Waals surface area contributed by atoms with Gasteiger partial charge in [-0.3, -0.25) is 4.90 Å². The molecule has 0 amide bonds. The van der Waals surface area contributed by atoms with Gasteiger partial charge in [0, 0.05) is 5.38 Å². The second-order valence-corrected chi connectivity index (χ2v) is 6.22. The van der Waals surface area contributed by atoms with Crippen LogP contribution in [0, 0.1) is 0 Å². The van der Waals surface area contributed by atoms with E-state index in [4.69, 9.17) is 22.9 Å². The molecule has 2 aromatic rings. The molecule has 1 aromatic heterocycles. The van der Waals surface area contributed by atoms with E-state index in [1.165, 1.54) is 12.0 Å². The van der Waals surface area contributed by atoms with Crippen LogP contribution in [0.25, 0.3) is 0 Å². The number of thiocarbonyl (C=S) groups is 1. The van der Waals surface area contributed by atoms with E-state index >= 15 is 0 Å². The van der Waals surface area contributed by atoms with E-state index in [2.05, 4.69) is 19.9 Å². The van der Waals surface area contributed by atoms with Gasteiger partial charge in [-0.1, -0.05) is 38.5 Å². The fourth-order valence-corrected chi connectivity index (χ4v) is 3.23. The van der Waals surface area contributed by atoms with Crippen molar-refractivity contribution < 1.29 is 0 Å². The van der Waals surface area contributed by atoms with Crippen molar-refractivity contribution in [2.24, 2.45) is 5.73 Å². The fourth-order valence-electron chi connectivity index (χ4n) is 2.23. The summed E-state index contributed by atoms with van der Waals surface area (Å²) in [6.07, 6.45) is 4.28. The van der Waals surface area contributed by atoms with Gasteiger partial charge >= 0.3 is 0 Å². The number of benzene rings is 1. The van der Waals surface area contributed by atoms with Crippen LogP contribution >= 0.6 is 23.6 Å². The van der Waals surface area contributed by atoms with Gasteiger partial charge in [-0.05, 0) is 43.1 Å². The third-order valence-corrected chi connectivity index (χ3v) is 4.43. The molecule has 0 radical (unpaired) electrons. The molecule has 0 saturated heterocycles. The lowest BCUT2D eigenvalue weighted by Gasteiger charge is -2.23. The first kappa shape index (κ1) is 15.9. The summed E-state index contributed by atoms with van der Waals surface area (Å²) in [4.78, 5) is 6.57. The molecule has 0 aliphatic heterocycles. The molecule has 2 rings (SSSR count). The number of para-hydroxylation sites is 1. The minimum absolute atomic E-state index is 0.336. The lowest BCUT2D eigenvalue weighted by Crippen LogP contribution is -2.32. The quantitative estimate of drug-likeness (QED) is 0.800. The van der Waals surface area contributed by atoms with Gasteiger partial charge in [-0.15, -0.1) is 11.3 Å². The van der Waals surface area contributed by atoms with Gasteiger partial charge in [0.2, 0.25) is 0 Å². The normalized spacial score (nSPS) is 10.6. The van der Waals surface area contributed by atoms with Gasteiger partial charge in [0.25, 0.3) is 0 Å². The molecule has 0 atom stereocenters. The van der Waals surface area contributed by atoms with Crippen LogP contribution in [0.3, 0.4) is 0 Å². The average molecular weight is 319 g/mol. The van der Waals surface area contributed by atoms with Crippen molar-refractivity contribution in [2.45, 2.75) is 39.5 Å². The predicted molar refractivity (Wildman–Crippen MR) is 95.5 cm³/mol. The smallest absolute Gasteiger partial charge is 0.176 e. The summed E-state index contributed by atoms with van der Waals surface area (Å²) >= 11 is 6.93. The Labute approximate surface area is 135 Å². The Balaban J connectivity index is 2.35. The molecule has 0 spiro atoms. The first-order valence-electron chi connectivity index (χ1n) is 7.29. The molecule has 21 heavy (non-hydrogen) atoms. The summed E-state index contributed by atoms with van der Waals surface area (Å²) in [5, 5.41) is 3.52. The van der Waals surface area contributed by atoms with Crippen LogP contribution in [0.4, 0.5) is 11.5 Å². The van der Waals surface area contributed by atoms with E-state index in [-0.39, 0.29) is 0 Å². The standard InChI is InChI=1S/C16H21N3S2/c1-3-5-10-15-18-14(11-21-15)19(16(17)20)13-9-7-6-8-12(13)4-2/h6-9,11H,3-5,10H2,1-2H3,(H2,17,20). The van der Waals surface area contributed by atoms with Crippen molar-refractivity contribution in [3.05, 3.63) is 40.2 Å². The molecule has 0 aliphatic rings. The first-order chi connectivity index (χ1) is 10.2. The number of nitrogens with two attached hydrogens (primary N) is 1. The molecule has 1 aromatic carbocycles. The van der Waals surface area contributed by atoms with Crippen molar-refractivity contribution >= 4 is 40.2 Å². The Kier molecular flexibility index (Phi) is 5.70. The molecule has 5 heteroatoms. The molecular formula is C16H21N3S2. The van der Waals surface area contributed by atoms with Gasteiger partial charge in [0.1, 0.15) is 0 Å². The highest BCUT2D eigenvalue weighted by atomic mass is 32.1. The van der Waals surface area contributed by atoms with Crippen molar-refractivity contribution in [3.8, 4) is 0 Å². The molecule has 3 nitrogen and oxygen atoms in total. The zero-order valence-corrected chi connectivity index (χ0v) is 14.1. The van der Waals surface area contributed by atoms with Crippen LogP contribution in [0.5, 0.6) is 0 Å². The van der Waals surface area contributed by atoms with Crippen LogP contribution in [0.15, 0.2) is 29.6 Å². The molecular weight excluding hydrogens is 298 g/mol. The van der Waals surface area contributed by atoms with E-state index in [9.17, 15) is 0 Å². The van der Waals surface area contributed by atoms with Crippen molar-refractivity contribution in [2.75, 3.05) is 4.90 Å². The largest absolute Gasteiger partial charge is 0.376 e. The van der Waals surface area contributed by atoms with Gasteiger partial charge in [-0.25, -0.2) is 4.98 Å². The molecule has 1 heterocycles. The molecule has 0 bridgehead atoms. The van der Waals surface area contributed by atoms with E-state index in [0.717, 1.165) is 35.8 Å². The van der Waals surface area contributed by atoms with Crippen LogP contribution in [0.2, 0.25) is 0 Å². The topological polar surface area (TPSA) is 42.2 Å². The SMILES string of the molecule is CCCCc1nc(N(C(N)=S)c2ccccc2CC)cs1. The van der Waals surface area contributed by atoms with Crippen LogP contribution in [0.1, 0.15) is 37.3 Å². The fraction of sp³-hybridized carbons (Fsp3) is 0.375. The van der Waals surface area contributed by atoms with E-state index in [0.29, 0.717) is 5.11 Å². The summed E-state index contributed by atoms with van der Waals surface area (Å²) in [6.45, 7) is 4.32. The summed E-state index contributed by atoms with van der Waals surface area (Å²) in [5.74, 6) is 0.833. The number of aryl methyl sites for hydroxylation is 2. The van der Waals surface area contributed by atoms with Crippen LogP contribution < -0.4 is 10.6 Å². The Hall–Kier alpha value is -1.46. The van der Waals surface area contributed by atoms with Gasteiger partial charge in [0.15, 0.2) is 10.9 Å². The summed E-state index contributed by atoms with van der Waals surface area (Å²) in [5.41, 5.74) is 8.20. The summed E-state index contributed by atoms with van der Waals surface area (Å²) < 4.78 is 0. The lowest BCUT2D eigenvalue weighted by atomic mass is 10.1. The van der Waals surface area contributed by atoms with Crippen LogP contribution in [-0.4, -0.2) is 10.1 Å². The van der Waals surface area contributed by atoms with Crippen LogP contribution in [-0.2, 0) is 12.8 Å². The maximum atomic E-state index is 5.96. The zero-order valence-electron chi connectivity index (χ0n) is 12.5. The number of nitrogens with zero attached hydrogens (tertiary/aromatic N) is 2. The Morgan fingerprint density at radius 3 is 2.76 bits per heavy atom. The minimum Gasteiger partial charge on any atom is -0.376 e. The zero-order chi connectivity index (χ0) is 15.2. The molecule has 0 fully saturated rings. The van der Waals surface area contributed by atoms with Gasteiger partial charge in [0.05, 0.1) is 10.7 Å².